The Kier molecular flexibility index (Phi) is 5.22. The van der Waals surface area contributed by atoms with Crippen LogP contribution in [0.2, 0.25) is 0 Å². The number of ether oxygens (including phenoxy) is 1. The molecule has 3 rings (SSSR count). The number of hydrogen-bond donors (Lipinski definition) is 1. The lowest BCUT2D eigenvalue weighted by atomic mass is 9.93. The Morgan fingerprint density at radius 3 is 2.59 bits per heavy atom. The van der Waals surface area contributed by atoms with Crippen LogP contribution in [-0.2, 0) is 14.8 Å². The minimum Gasteiger partial charge on any atom is -0.490 e. The predicted octanol–water partition coefficient (Wildman–Crippen LogP) is 3.17. The topological polar surface area (TPSA) is 119 Å². The van der Waals surface area contributed by atoms with Gasteiger partial charge in [0.25, 0.3) is 15.7 Å². The maximum Gasteiger partial charge on any atom is 0.289 e. The molecular weight excluding hydrogens is 398 g/mol. The molecule has 1 aliphatic heterocycles. The predicted molar refractivity (Wildman–Crippen MR) is 108 cm³/mol. The largest absolute Gasteiger partial charge is 0.490 e. The van der Waals surface area contributed by atoms with E-state index < -0.39 is 30.9 Å². The molecule has 2 aromatic rings. The monoisotopic (exact) mass is 419 g/mol. The molecule has 9 nitrogen and oxygen atoms in total. The fraction of sp³-hybridized carbons (Fsp3) is 0.316. The van der Waals surface area contributed by atoms with Crippen molar-refractivity contribution in [1.29, 1.82) is 0 Å². The number of benzene rings is 2. The zero-order chi connectivity index (χ0) is 21.4. The Morgan fingerprint density at radius 1 is 1.24 bits per heavy atom. The molecule has 1 N–H and O–H groups in total. The van der Waals surface area contributed by atoms with Gasteiger partial charge in [0.05, 0.1) is 21.7 Å². The quantitative estimate of drug-likeness (QED) is 0.587. The first kappa shape index (κ1) is 20.6. The van der Waals surface area contributed by atoms with Crippen molar-refractivity contribution >= 4 is 33.0 Å². The molecule has 0 unspecified atom stereocenters. The van der Waals surface area contributed by atoms with Gasteiger partial charge in [0.2, 0.25) is 5.91 Å². The van der Waals surface area contributed by atoms with Gasteiger partial charge in [-0.15, -0.1) is 0 Å². The molecule has 0 saturated heterocycles. The molecule has 0 spiro atoms. The first-order valence-corrected chi connectivity index (χ1v) is 10.4. The number of nitrogens with one attached hydrogen (secondary N) is 1. The van der Waals surface area contributed by atoms with E-state index in [9.17, 15) is 23.3 Å². The molecule has 29 heavy (non-hydrogen) atoms. The smallest absolute Gasteiger partial charge is 0.289 e. The van der Waals surface area contributed by atoms with Gasteiger partial charge in [-0.2, -0.15) is 0 Å². The van der Waals surface area contributed by atoms with Crippen LogP contribution in [0.1, 0.15) is 20.8 Å². The number of anilines is 2. The molecule has 0 radical (unpaired) electrons. The van der Waals surface area contributed by atoms with Gasteiger partial charge < -0.3 is 9.64 Å². The number of carbonyl (C=O) groups excluding carboxylic acids is 1. The Balaban J connectivity index is 1.98. The van der Waals surface area contributed by atoms with E-state index in [2.05, 4.69) is 4.72 Å². The number of nitro groups is 1. The van der Waals surface area contributed by atoms with E-state index in [1.807, 2.05) is 6.92 Å². The van der Waals surface area contributed by atoms with E-state index in [0.717, 1.165) is 6.07 Å². The van der Waals surface area contributed by atoms with E-state index in [1.54, 1.807) is 24.8 Å². The molecule has 10 heteroatoms. The van der Waals surface area contributed by atoms with Crippen LogP contribution in [0.25, 0.3) is 0 Å². The average Bonchev–Trinajstić information content (AvgIpc) is 2.76. The van der Waals surface area contributed by atoms with Gasteiger partial charge in [-0.25, -0.2) is 8.42 Å². The first-order valence-electron chi connectivity index (χ1n) is 8.92. The standard InChI is InChI=1S/C19H21N3O6S/c1-4-21-14-10-9-13(11-16(14)28-12-19(2,3)18(21)23)20-29(26,27)17-8-6-5-7-15(17)22(24)25/h5-11,20H,4,12H2,1-3H3. The number of fused-ring (bicyclic) bond motifs is 1. The summed E-state index contributed by atoms with van der Waals surface area (Å²) in [6.45, 7) is 5.97. The Labute approximate surface area is 168 Å². The molecule has 0 aromatic heterocycles. The molecule has 1 heterocycles. The van der Waals surface area contributed by atoms with Crippen LogP contribution in [0.15, 0.2) is 47.4 Å². The fourth-order valence-corrected chi connectivity index (χ4v) is 4.29. The molecule has 154 valence electrons. The molecule has 0 fully saturated rings. The SMILES string of the molecule is CCN1C(=O)C(C)(C)COc2cc(NS(=O)(=O)c3ccccc3[N+](=O)[O-])ccc21. The van der Waals surface area contributed by atoms with Gasteiger partial charge in [-0.3, -0.25) is 19.6 Å². The highest BCUT2D eigenvalue weighted by Crippen LogP contribution is 2.38. The van der Waals surface area contributed by atoms with Gasteiger partial charge >= 0.3 is 0 Å². The Morgan fingerprint density at radius 2 is 1.93 bits per heavy atom. The lowest BCUT2D eigenvalue weighted by molar-refractivity contribution is -0.387. The zero-order valence-electron chi connectivity index (χ0n) is 16.2. The highest BCUT2D eigenvalue weighted by Gasteiger charge is 2.37. The molecule has 0 saturated carbocycles. The van der Waals surface area contributed by atoms with Crippen molar-refractivity contribution < 1.29 is 22.9 Å². The molecule has 0 atom stereocenters. The summed E-state index contributed by atoms with van der Waals surface area (Å²) >= 11 is 0. The van der Waals surface area contributed by atoms with Crippen LogP contribution < -0.4 is 14.4 Å². The average molecular weight is 419 g/mol. The summed E-state index contributed by atoms with van der Waals surface area (Å²) in [4.78, 5) is 24.3. The van der Waals surface area contributed by atoms with Crippen LogP contribution in [0.4, 0.5) is 17.1 Å². The van der Waals surface area contributed by atoms with Gasteiger partial charge in [-0.05, 0) is 39.0 Å². The van der Waals surface area contributed by atoms with Gasteiger partial charge in [-0.1, -0.05) is 12.1 Å². The van der Waals surface area contributed by atoms with E-state index in [-0.39, 0.29) is 18.2 Å². The normalized spacial score (nSPS) is 15.8. The second-order valence-electron chi connectivity index (χ2n) is 7.23. The molecule has 1 aliphatic rings. The van der Waals surface area contributed by atoms with Crippen molar-refractivity contribution in [2.45, 2.75) is 25.7 Å². The van der Waals surface area contributed by atoms with E-state index in [0.29, 0.717) is 18.0 Å². The van der Waals surface area contributed by atoms with Crippen molar-refractivity contribution in [3.8, 4) is 5.75 Å². The number of carbonyl (C=O) groups is 1. The van der Waals surface area contributed by atoms with Crippen LogP contribution in [0.3, 0.4) is 0 Å². The highest BCUT2D eigenvalue weighted by molar-refractivity contribution is 7.92. The summed E-state index contributed by atoms with van der Waals surface area (Å²) in [7, 11) is -4.21. The summed E-state index contributed by atoms with van der Waals surface area (Å²) in [5, 5.41) is 11.2. The van der Waals surface area contributed by atoms with Crippen LogP contribution in [-0.4, -0.2) is 32.4 Å². The van der Waals surface area contributed by atoms with Gasteiger partial charge in [0.1, 0.15) is 12.4 Å². The zero-order valence-corrected chi connectivity index (χ0v) is 17.0. The third-order valence-corrected chi connectivity index (χ3v) is 6.01. The van der Waals surface area contributed by atoms with Crippen molar-refractivity contribution in [2.24, 2.45) is 5.41 Å². The summed E-state index contributed by atoms with van der Waals surface area (Å²) in [6, 6.07) is 9.65. The number of sulfonamides is 1. The lowest BCUT2D eigenvalue weighted by Crippen LogP contribution is -2.42. The van der Waals surface area contributed by atoms with Gasteiger partial charge in [0, 0.05) is 18.7 Å². The maximum atomic E-state index is 12.7. The highest BCUT2D eigenvalue weighted by atomic mass is 32.2. The number of amides is 1. The number of nitrogens with zero attached hydrogens (tertiary/aromatic N) is 2. The van der Waals surface area contributed by atoms with Crippen LogP contribution in [0, 0.1) is 15.5 Å². The second kappa shape index (κ2) is 7.36. The summed E-state index contributed by atoms with van der Waals surface area (Å²) in [6.07, 6.45) is 0. The maximum absolute atomic E-state index is 12.7. The molecule has 0 bridgehead atoms. The number of nitro benzene ring substituents is 1. The molecule has 0 aliphatic carbocycles. The minimum atomic E-state index is -4.21. The third-order valence-electron chi connectivity index (χ3n) is 4.58. The minimum absolute atomic E-state index is 0.0907. The number of hydrogen-bond acceptors (Lipinski definition) is 6. The van der Waals surface area contributed by atoms with Crippen molar-refractivity contribution in [3.05, 3.63) is 52.6 Å². The fourth-order valence-electron chi connectivity index (χ4n) is 3.07. The van der Waals surface area contributed by atoms with Crippen molar-refractivity contribution in [3.63, 3.8) is 0 Å². The van der Waals surface area contributed by atoms with Crippen LogP contribution >= 0.6 is 0 Å². The third kappa shape index (κ3) is 3.88. The lowest BCUT2D eigenvalue weighted by Gasteiger charge is -2.26. The van der Waals surface area contributed by atoms with E-state index in [1.165, 1.54) is 30.3 Å². The summed E-state index contributed by atoms with van der Waals surface area (Å²) in [5.41, 5.74) is -0.545. The summed E-state index contributed by atoms with van der Waals surface area (Å²) in [5.74, 6) is 0.264. The molecular formula is C19H21N3O6S. The Hall–Kier alpha value is -3.14. The van der Waals surface area contributed by atoms with Crippen molar-refractivity contribution in [1.82, 2.24) is 0 Å². The summed E-state index contributed by atoms with van der Waals surface area (Å²) < 4.78 is 33.6. The van der Waals surface area contributed by atoms with E-state index in [4.69, 9.17) is 4.74 Å². The Bertz CT molecular complexity index is 1080. The molecule has 1 amide bonds. The van der Waals surface area contributed by atoms with Gasteiger partial charge in [0.15, 0.2) is 4.90 Å². The second-order valence-corrected chi connectivity index (χ2v) is 8.89. The van der Waals surface area contributed by atoms with E-state index >= 15 is 0 Å². The van der Waals surface area contributed by atoms with Crippen molar-refractivity contribution in [2.75, 3.05) is 22.8 Å². The first-order chi connectivity index (χ1) is 13.6. The number of rotatable bonds is 5. The molecule has 2 aromatic carbocycles. The number of para-hydroxylation sites is 1. The van der Waals surface area contributed by atoms with Crippen LogP contribution in [0.5, 0.6) is 5.75 Å².